The predicted octanol–water partition coefficient (Wildman–Crippen LogP) is 1.75. The first-order chi connectivity index (χ1) is 9.40. The van der Waals surface area contributed by atoms with Crippen LogP contribution in [0.25, 0.3) is 0 Å². The van der Waals surface area contributed by atoms with E-state index >= 15 is 0 Å². The van der Waals surface area contributed by atoms with Crippen molar-refractivity contribution in [2.75, 3.05) is 12.4 Å². The van der Waals surface area contributed by atoms with Gasteiger partial charge in [0.15, 0.2) is 0 Å². The summed E-state index contributed by atoms with van der Waals surface area (Å²) in [5.41, 5.74) is -1.01. The molecular formula is C12H11F3N4O. The molecule has 0 saturated heterocycles. The Balaban J connectivity index is 2.30. The Labute approximate surface area is 112 Å². The molecule has 0 aliphatic rings. The van der Waals surface area contributed by atoms with E-state index in [2.05, 4.69) is 15.3 Å². The van der Waals surface area contributed by atoms with Crippen molar-refractivity contribution in [1.82, 2.24) is 14.5 Å². The van der Waals surface area contributed by atoms with Gasteiger partial charge in [-0.2, -0.15) is 13.2 Å². The van der Waals surface area contributed by atoms with Crippen molar-refractivity contribution in [3.05, 3.63) is 52.3 Å². The molecule has 2 aromatic heterocycles. The van der Waals surface area contributed by atoms with E-state index < -0.39 is 17.3 Å². The lowest BCUT2D eigenvalue weighted by atomic mass is 10.2. The van der Waals surface area contributed by atoms with Gasteiger partial charge in [0, 0.05) is 19.3 Å². The van der Waals surface area contributed by atoms with Crippen LogP contribution in [0.2, 0.25) is 0 Å². The Morgan fingerprint density at radius 3 is 2.55 bits per heavy atom. The van der Waals surface area contributed by atoms with Crippen LogP contribution in [0.1, 0.15) is 11.3 Å². The number of alkyl halides is 3. The van der Waals surface area contributed by atoms with Crippen molar-refractivity contribution >= 4 is 5.82 Å². The first kappa shape index (κ1) is 14.0. The van der Waals surface area contributed by atoms with Crippen molar-refractivity contribution in [2.45, 2.75) is 12.7 Å². The monoisotopic (exact) mass is 284 g/mol. The van der Waals surface area contributed by atoms with E-state index in [0.29, 0.717) is 11.5 Å². The Morgan fingerprint density at radius 2 is 2.00 bits per heavy atom. The fourth-order valence-electron chi connectivity index (χ4n) is 1.56. The summed E-state index contributed by atoms with van der Waals surface area (Å²) in [5.74, 6) is 0.533. The zero-order valence-corrected chi connectivity index (χ0v) is 10.5. The number of hydrogen-bond donors (Lipinski definition) is 1. The molecule has 8 heteroatoms. The zero-order valence-electron chi connectivity index (χ0n) is 10.5. The average molecular weight is 284 g/mol. The van der Waals surface area contributed by atoms with Gasteiger partial charge in [-0.3, -0.25) is 9.78 Å². The molecule has 0 bridgehead atoms. The third kappa shape index (κ3) is 3.14. The number of halogens is 3. The highest BCUT2D eigenvalue weighted by Crippen LogP contribution is 2.28. The predicted molar refractivity (Wildman–Crippen MR) is 66.4 cm³/mol. The Kier molecular flexibility index (Phi) is 3.73. The summed E-state index contributed by atoms with van der Waals surface area (Å²) >= 11 is 0. The Hall–Kier alpha value is -2.38. The first-order valence-electron chi connectivity index (χ1n) is 5.66. The molecule has 0 aromatic carbocycles. The van der Waals surface area contributed by atoms with Gasteiger partial charge in [0.2, 0.25) is 0 Å². The lowest BCUT2D eigenvalue weighted by Gasteiger charge is -2.10. The summed E-state index contributed by atoms with van der Waals surface area (Å²) in [6.45, 7) is -0.0697. The molecule has 0 aliphatic carbocycles. The summed E-state index contributed by atoms with van der Waals surface area (Å²) in [7, 11) is 1.67. The second kappa shape index (κ2) is 5.32. The SMILES string of the molecule is CNc1cnc(Cn2cc(C(F)(F)F)ccc2=O)cn1. The number of hydrogen-bond acceptors (Lipinski definition) is 4. The maximum Gasteiger partial charge on any atom is 0.417 e. The molecule has 5 nitrogen and oxygen atoms in total. The van der Waals surface area contributed by atoms with E-state index in [0.717, 1.165) is 22.9 Å². The number of nitrogens with one attached hydrogen (secondary N) is 1. The second-order valence-electron chi connectivity index (χ2n) is 4.02. The molecule has 20 heavy (non-hydrogen) atoms. The fraction of sp³-hybridized carbons (Fsp3) is 0.250. The van der Waals surface area contributed by atoms with Gasteiger partial charge in [0.05, 0.1) is 30.2 Å². The van der Waals surface area contributed by atoms with Crippen LogP contribution in [0, 0.1) is 0 Å². The standard InChI is InChI=1S/C12H11F3N4O/c1-16-10-5-17-9(4-18-10)7-19-6-8(12(13,14)15)2-3-11(19)20/h2-6H,7H2,1H3,(H,16,18). The summed E-state index contributed by atoms with van der Waals surface area (Å²) in [5, 5.41) is 2.77. The highest BCUT2D eigenvalue weighted by Gasteiger charge is 2.31. The highest BCUT2D eigenvalue weighted by atomic mass is 19.4. The zero-order chi connectivity index (χ0) is 14.8. The minimum absolute atomic E-state index is 0.0697. The first-order valence-corrected chi connectivity index (χ1v) is 5.66. The van der Waals surface area contributed by atoms with E-state index in [-0.39, 0.29) is 6.54 Å². The van der Waals surface area contributed by atoms with Crippen LogP contribution in [-0.2, 0) is 12.7 Å². The molecule has 0 spiro atoms. The third-order valence-corrected chi connectivity index (χ3v) is 2.60. The molecule has 0 amide bonds. The number of nitrogens with zero attached hydrogens (tertiary/aromatic N) is 3. The Morgan fingerprint density at radius 1 is 1.25 bits per heavy atom. The quantitative estimate of drug-likeness (QED) is 0.932. The van der Waals surface area contributed by atoms with Crippen LogP contribution >= 0.6 is 0 Å². The minimum atomic E-state index is -4.49. The maximum absolute atomic E-state index is 12.6. The lowest BCUT2D eigenvalue weighted by molar-refractivity contribution is -0.138. The molecule has 106 valence electrons. The third-order valence-electron chi connectivity index (χ3n) is 2.60. The molecule has 0 aliphatic heterocycles. The molecule has 2 aromatic rings. The van der Waals surface area contributed by atoms with E-state index in [1.165, 1.54) is 12.4 Å². The average Bonchev–Trinajstić information content (AvgIpc) is 2.41. The summed E-state index contributed by atoms with van der Waals surface area (Å²) < 4.78 is 38.7. The lowest BCUT2D eigenvalue weighted by Crippen LogP contribution is -2.22. The van der Waals surface area contributed by atoms with Gasteiger partial charge in [0.25, 0.3) is 5.56 Å². The minimum Gasteiger partial charge on any atom is -0.372 e. The van der Waals surface area contributed by atoms with Gasteiger partial charge in [-0.25, -0.2) is 4.98 Å². The van der Waals surface area contributed by atoms with E-state index in [4.69, 9.17) is 0 Å². The van der Waals surface area contributed by atoms with Crippen LogP contribution in [0.4, 0.5) is 19.0 Å². The molecule has 0 fully saturated rings. The van der Waals surface area contributed by atoms with Gasteiger partial charge in [-0.15, -0.1) is 0 Å². The normalized spacial score (nSPS) is 11.4. The summed E-state index contributed by atoms with van der Waals surface area (Å²) in [4.78, 5) is 19.6. The topological polar surface area (TPSA) is 59.8 Å². The van der Waals surface area contributed by atoms with Crippen molar-refractivity contribution in [3.63, 3.8) is 0 Å². The Bertz CT molecular complexity index is 649. The van der Waals surface area contributed by atoms with Crippen LogP contribution in [0.15, 0.2) is 35.5 Å². The van der Waals surface area contributed by atoms with Crippen molar-refractivity contribution < 1.29 is 13.2 Å². The largest absolute Gasteiger partial charge is 0.417 e. The summed E-state index contributed by atoms with van der Waals surface area (Å²) in [6.07, 6.45) is -0.875. The molecular weight excluding hydrogens is 273 g/mol. The molecule has 1 N–H and O–H groups in total. The van der Waals surface area contributed by atoms with Crippen LogP contribution in [0.3, 0.4) is 0 Å². The van der Waals surface area contributed by atoms with E-state index in [1.807, 2.05) is 0 Å². The van der Waals surface area contributed by atoms with Gasteiger partial charge < -0.3 is 9.88 Å². The van der Waals surface area contributed by atoms with Crippen LogP contribution in [0.5, 0.6) is 0 Å². The highest BCUT2D eigenvalue weighted by molar-refractivity contribution is 5.29. The number of pyridine rings is 1. The van der Waals surface area contributed by atoms with Crippen LogP contribution in [-0.4, -0.2) is 21.6 Å². The van der Waals surface area contributed by atoms with Gasteiger partial charge in [-0.1, -0.05) is 0 Å². The second-order valence-corrected chi connectivity index (χ2v) is 4.02. The number of aromatic nitrogens is 3. The summed E-state index contributed by atoms with van der Waals surface area (Å²) in [6, 6.07) is 1.65. The molecule has 0 radical (unpaired) electrons. The van der Waals surface area contributed by atoms with E-state index in [9.17, 15) is 18.0 Å². The smallest absolute Gasteiger partial charge is 0.372 e. The van der Waals surface area contributed by atoms with Gasteiger partial charge in [-0.05, 0) is 6.07 Å². The maximum atomic E-state index is 12.6. The molecule has 0 saturated carbocycles. The molecule has 0 atom stereocenters. The van der Waals surface area contributed by atoms with Gasteiger partial charge >= 0.3 is 6.18 Å². The van der Waals surface area contributed by atoms with Gasteiger partial charge in [0.1, 0.15) is 5.82 Å². The van der Waals surface area contributed by atoms with E-state index in [1.54, 1.807) is 7.05 Å². The number of rotatable bonds is 3. The molecule has 2 rings (SSSR count). The van der Waals surface area contributed by atoms with Crippen molar-refractivity contribution in [3.8, 4) is 0 Å². The number of anilines is 1. The molecule has 2 heterocycles. The fourth-order valence-corrected chi connectivity index (χ4v) is 1.56. The van der Waals surface area contributed by atoms with Crippen LogP contribution < -0.4 is 10.9 Å². The van der Waals surface area contributed by atoms with Crippen molar-refractivity contribution in [2.24, 2.45) is 0 Å². The van der Waals surface area contributed by atoms with Crippen molar-refractivity contribution in [1.29, 1.82) is 0 Å². The molecule has 0 unspecified atom stereocenters.